The van der Waals surface area contributed by atoms with E-state index in [9.17, 15) is 0 Å². The topological polar surface area (TPSA) is 9.23 Å². The predicted molar refractivity (Wildman–Crippen MR) is 79.2 cm³/mol. The number of halogens is 1. The van der Waals surface area contributed by atoms with Gasteiger partial charge in [-0.25, -0.2) is 0 Å². The van der Waals surface area contributed by atoms with Gasteiger partial charge in [0.2, 0.25) is 0 Å². The summed E-state index contributed by atoms with van der Waals surface area (Å²) in [4.78, 5) is 0. The Morgan fingerprint density at radius 1 is 1.39 bits per heavy atom. The van der Waals surface area contributed by atoms with E-state index in [1.807, 2.05) is 24.3 Å². The molecule has 18 heavy (non-hydrogen) atoms. The Hall–Kier alpha value is -0.832. The molecule has 0 N–H and O–H groups in total. The van der Waals surface area contributed by atoms with Crippen molar-refractivity contribution in [2.75, 3.05) is 0 Å². The Labute approximate surface area is 116 Å². The van der Waals surface area contributed by atoms with E-state index in [2.05, 4.69) is 30.7 Å². The number of allylic oxidation sites excluding steroid dienone is 1. The SMILES string of the molecule is C#C[As](Cl)(c1ccccc1)C1C=COC(C)(C)C1. The molecule has 1 nitrogen and oxygen atoms in total. The number of terminal acetylenes is 1. The molecule has 3 heteroatoms. The summed E-state index contributed by atoms with van der Waals surface area (Å²) in [5, 5.41) is 0. The van der Waals surface area contributed by atoms with E-state index in [0.717, 1.165) is 10.8 Å². The Morgan fingerprint density at radius 2 is 2.06 bits per heavy atom. The average molecular weight is 324 g/mol. The molecule has 0 saturated carbocycles. The van der Waals surface area contributed by atoms with Crippen LogP contribution >= 0.6 is 9.95 Å². The van der Waals surface area contributed by atoms with Crippen molar-refractivity contribution < 1.29 is 4.74 Å². The Morgan fingerprint density at radius 3 is 2.61 bits per heavy atom. The second-order valence-corrected chi connectivity index (χ2v) is 13.5. The van der Waals surface area contributed by atoms with Crippen LogP contribution in [0, 0.1) is 11.1 Å². The van der Waals surface area contributed by atoms with Gasteiger partial charge < -0.3 is 0 Å². The molecule has 0 spiro atoms. The van der Waals surface area contributed by atoms with Crippen LogP contribution in [0.1, 0.15) is 20.3 Å². The molecule has 2 unspecified atom stereocenters. The van der Waals surface area contributed by atoms with Crippen molar-refractivity contribution in [2.45, 2.75) is 30.6 Å². The number of hydrogen-bond donors (Lipinski definition) is 0. The van der Waals surface area contributed by atoms with Gasteiger partial charge in [0, 0.05) is 0 Å². The van der Waals surface area contributed by atoms with Crippen LogP contribution in [0.4, 0.5) is 0 Å². The van der Waals surface area contributed by atoms with Crippen LogP contribution in [0.5, 0.6) is 0 Å². The van der Waals surface area contributed by atoms with E-state index in [1.54, 1.807) is 6.26 Å². The van der Waals surface area contributed by atoms with Crippen LogP contribution in [0.3, 0.4) is 0 Å². The zero-order chi connectivity index (χ0) is 13.2. The summed E-state index contributed by atoms with van der Waals surface area (Å²) in [6.07, 6.45) is 10.4. The van der Waals surface area contributed by atoms with E-state index >= 15 is 0 Å². The summed E-state index contributed by atoms with van der Waals surface area (Å²) < 4.78 is 9.89. The molecule has 1 aromatic rings. The van der Waals surface area contributed by atoms with Crippen LogP contribution in [-0.4, -0.2) is 18.2 Å². The van der Waals surface area contributed by atoms with E-state index in [1.165, 1.54) is 0 Å². The first-order valence-electron chi connectivity index (χ1n) is 5.94. The summed E-state index contributed by atoms with van der Waals surface area (Å²) in [7, 11) is 6.88. The van der Waals surface area contributed by atoms with E-state index in [-0.39, 0.29) is 10.3 Å². The monoisotopic (exact) mass is 323 g/mol. The van der Waals surface area contributed by atoms with Crippen LogP contribution < -0.4 is 4.35 Å². The van der Waals surface area contributed by atoms with Gasteiger partial charge in [-0.15, -0.1) is 0 Å². The first-order chi connectivity index (χ1) is 8.48. The molecule has 0 aromatic heterocycles. The second kappa shape index (κ2) is 5.04. The van der Waals surface area contributed by atoms with E-state index in [0.29, 0.717) is 0 Å². The summed E-state index contributed by atoms with van der Waals surface area (Å²) in [5.74, 6) is 0. The molecular formula is C15H17AsClO. The molecule has 0 amide bonds. The molecule has 95 valence electrons. The molecule has 1 aliphatic rings. The molecule has 2 atom stereocenters. The zero-order valence-electron chi connectivity index (χ0n) is 10.6. The summed E-state index contributed by atoms with van der Waals surface area (Å²) in [6.45, 7) is 4.14. The molecule has 1 radical (unpaired) electrons. The molecular weight excluding hydrogens is 307 g/mol. The standard InChI is InChI=1S/C15H17AsClO/c1-4-16(17,13-8-6-5-7-9-13)14-10-11-18-15(2,3)12-14/h1,5-11,14H,12H2,2-3H3. The molecule has 1 aromatic carbocycles. The van der Waals surface area contributed by atoms with Crippen LogP contribution in [-0.2, 0) is 4.74 Å². The number of hydrogen-bond acceptors (Lipinski definition) is 1. The maximum absolute atomic E-state index is 6.88. The minimum atomic E-state index is -2.85. The maximum atomic E-state index is 6.88. The first kappa shape index (κ1) is 13.6. The Bertz CT molecular complexity index is 489. The summed E-state index contributed by atoms with van der Waals surface area (Å²) >= 11 is -2.85. The van der Waals surface area contributed by atoms with Crippen LogP contribution in [0.2, 0.25) is 4.71 Å². The van der Waals surface area contributed by atoms with E-state index < -0.39 is 12.6 Å². The second-order valence-electron chi connectivity index (χ2n) is 5.08. The van der Waals surface area contributed by atoms with Gasteiger partial charge in [0.05, 0.1) is 0 Å². The summed E-state index contributed by atoms with van der Waals surface area (Å²) in [6, 6.07) is 10.1. The molecule has 0 saturated heterocycles. The fourth-order valence-corrected chi connectivity index (χ4v) is 8.35. The van der Waals surface area contributed by atoms with Crippen LogP contribution in [0.15, 0.2) is 42.7 Å². The normalized spacial score (nSPS) is 24.7. The van der Waals surface area contributed by atoms with Crippen molar-refractivity contribution in [1.29, 1.82) is 0 Å². The first-order valence-corrected chi connectivity index (χ1v) is 11.4. The quantitative estimate of drug-likeness (QED) is 0.599. The van der Waals surface area contributed by atoms with Gasteiger partial charge in [-0.05, 0) is 0 Å². The number of rotatable bonds is 2. The van der Waals surface area contributed by atoms with Crippen molar-refractivity contribution in [3.63, 3.8) is 0 Å². The molecule has 1 aliphatic heterocycles. The molecule has 0 aliphatic carbocycles. The van der Waals surface area contributed by atoms with Gasteiger partial charge in [-0.2, -0.15) is 0 Å². The van der Waals surface area contributed by atoms with Gasteiger partial charge in [0.25, 0.3) is 0 Å². The Balaban J connectivity index is 2.38. The number of benzene rings is 1. The predicted octanol–water partition coefficient (Wildman–Crippen LogP) is 3.33. The van der Waals surface area contributed by atoms with Gasteiger partial charge >= 0.3 is 116 Å². The molecule has 0 bridgehead atoms. The van der Waals surface area contributed by atoms with Crippen molar-refractivity contribution in [1.82, 2.24) is 0 Å². The minimum absolute atomic E-state index is 0.188. The van der Waals surface area contributed by atoms with Gasteiger partial charge in [0.15, 0.2) is 0 Å². The number of ether oxygens (including phenoxy) is 1. The average Bonchev–Trinajstić information content (AvgIpc) is 2.37. The van der Waals surface area contributed by atoms with Crippen molar-refractivity contribution >= 4 is 26.9 Å². The third kappa shape index (κ3) is 2.61. The molecule has 0 fully saturated rings. The zero-order valence-corrected chi connectivity index (χ0v) is 13.3. The molecule has 2 rings (SSSR count). The third-order valence-corrected chi connectivity index (χ3v) is 11.6. The Kier molecular flexibility index (Phi) is 3.81. The third-order valence-electron chi connectivity index (χ3n) is 3.17. The molecule has 1 heterocycles. The van der Waals surface area contributed by atoms with Gasteiger partial charge in [0.1, 0.15) is 0 Å². The van der Waals surface area contributed by atoms with Gasteiger partial charge in [-0.3, -0.25) is 0 Å². The van der Waals surface area contributed by atoms with Gasteiger partial charge in [-0.1, -0.05) is 0 Å². The van der Waals surface area contributed by atoms with Crippen molar-refractivity contribution in [2.24, 2.45) is 0 Å². The fraction of sp³-hybridized carbons (Fsp3) is 0.333. The van der Waals surface area contributed by atoms with Crippen molar-refractivity contribution in [3.8, 4) is 11.1 Å². The summed E-state index contributed by atoms with van der Waals surface area (Å²) in [5.41, 5.74) is -0.188. The van der Waals surface area contributed by atoms with E-state index in [4.69, 9.17) is 21.1 Å². The fourth-order valence-electron chi connectivity index (χ4n) is 2.19. The van der Waals surface area contributed by atoms with Crippen molar-refractivity contribution in [3.05, 3.63) is 42.7 Å². The van der Waals surface area contributed by atoms with Crippen LogP contribution in [0.25, 0.3) is 0 Å².